The molecule has 0 aliphatic heterocycles. The molecule has 3 nitrogen and oxygen atoms in total. The number of benzene rings is 1. The molecule has 1 amide bonds. The van der Waals surface area contributed by atoms with Crippen LogP contribution in [-0.2, 0) is 4.79 Å². The standard InChI is InChI=1S/C11H11ClN2O/c1-8(15)14(2)11(7-13)9-5-3-4-6-10(9)12/h3-6,11H,1-2H3/t11-/m0/s1. The van der Waals surface area contributed by atoms with Gasteiger partial charge in [0.1, 0.15) is 6.04 Å². The molecule has 0 saturated carbocycles. The average Bonchev–Trinajstić information content (AvgIpc) is 2.21. The second-order valence-corrected chi connectivity index (χ2v) is 3.59. The zero-order chi connectivity index (χ0) is 11.4. The predicted molar refractivity (Wildman–Crippen MR) is 58.3 cm³/mol. The molecule has 15 heavy (non-hydrogen) atoms. The molecule has 0 fully saturated rings. The van der Waals surface area contributed by atoms with E-state index < -0.39 is 6.04 Å². The summed E-state index contributed by atoms with van der Waals surface area (Å²) in [5.41, 5.74) is 0.652. The summed E-state index contributed by atoms with van der Waals surface area (Å²) in [6.07, 6.45) is 0. The summed E-state index contributed by atoms with van der Waals surface area (Å²) >= 11 is 5.96. The minimum atomic E-state index is -0.629. The van der Waals surface area contributed by atoms with Crippen molar-refractivity contribution in [1.82, 2.24) is 4.90 Å². The molecular weight excluding hydrogens is 212 g/mol. The summed E-state index contributed by atoms with van der Waals surface area (Å²) < 4.78 is 0. The lowest BCUT2D eigenvalue weighted by atomic mass is 10.1. The zero-order valence-electron chi connectivity index (χ0n) is 8.57. The number of hydrogen-bond acceptors (Lipinski definition) is 2. The molecule has 4 heteroatoms. The van der Waals surface area contributed by atoms with E-state index in [4.69, 9.17) is 16.9 Å². The summed E-state index contributed by atoms with van der Waals surface area (Å²) in [5.74, 6) is -0.165. The Morgan fingerprint density at radius 2 is 2.13 bits per heavy atom. The van der Waals surface area contributed by atoms with E-state index in [2.05, 4.69) is 6.07 Å². The van der Waals surface area contributed by atoms with Crippen LogP contribution in [0.3, 0.4) is 0 Å². The number of nitrogens with zero attached hydrogens (tertiary/aromatic N) is 2. The van der Waals surface area contributed by atoms with Crippen LogP contribution in [0.1, 0.15) is 18.5 Å². The summed E-state index contributed by atoms with van der Waals surface area (Å²) in [5, 5.41) is 9.52. The molecule has 0 aromatic heterocycles. The third-order valence-corrected chi connectivity index (χ3v) is 2.55. The van der Waals surface area contributed by atoms with Gasteiger partial charge in [-0.25, -0.2) is 0 Å². The third-order valence-electron chi connectivity index (χ3n) is 2.21. The topological polar surface area (TPSA) is 44.1 Å². The van der Waals surface area contributed by atoms with Gasteiger partial charge in [0.2, 0.25) is 5.91 Å². The normalized spacial score (nSPS) is 11.6. The number of carbonyl (C=O) groups excluding carboxylic acids is 1. The van der Waals surface area contributed by atoms with Crippen molar-refractivity contribution in [3.05, 3.63) is 34.9 Å². The smallest absolute Gasteiger partial charge is 0.220 e. The number of carbonyl (C=O) groups is 1. The number of rotatable bonds is 2. The van der Waals surface area contributed by atoms with Gasteiger partial charge in [0.15, 0.2) is 0 Å². The van der Waals surface area contributed by atoms with Gasteiger partial charge in [-0.1, -0.05) is 29.8 Å². The lowest BCUT2D eigenvalue weighted by Crippen LogP contribution is -2.28. The van der Waals surface area contributed by atoms with Crippen LogP contribution in [0.5, 0.6) is 0 Å². The summed E-state index contributed by atoms with van der Waals surface area (Å²) in [6.45, 7) is 1.42. The van der Waals surface area contributed by atoms with Crippen molar-refractivity contribution >= 4 is 17.5 Å². The Morgan fingerprint density at radius 3 is 2.60 bits per heavy atom. The highest BCUT2D eigenvalue weighted by Gasteiger charge is 2.20. The van der Waals surface area contributed by atoms with Crippen LogP contribution < -0.4 is 0 Å². The maximum atomic E-state index is 11.2. The maximum Gasteiger partial charge on any atom is 0.220 e. The fourth-order valence-electron chi connectivity index (χ4n) is 1.24. The predicted octanol–water partition coefficient (Wildman–Crippen LogP) is 2.38. The molecule has 0 aliphatic carbocycles. The Kier molecular flexibility index (Phi) is 3.70. The fraction of sp³-hybridized carbons (Fsp3) is 0.273. The highest BCUT2D eigenvalue weighted by molar-refractivity contribution is 6.31. The van der Waals surface area contributed by atoms with Gasteiger partial charge in [0.25, 0.3) is 0 Å². The Hall–Kier alpha value is -1.53. The van der Waals surface area contributed by atoms with E-state index in [1.54, 1.807) is 31.3 Å². The minimum absolute atomic E-state index is 0.165. The Morgan fingerprint density at radius 1 is 1.53 bits per heavy atom. The first kappa shape index (κ1) is 11.5. The molecule has 0 spiro atoms. The van der Waals surface area contributed by atoms with E-state index in [9.17, 15) is 4.79 Å². The molecule has 1 aromatic rings. The highest BCUT2D eigenvalue weighted by Crippen LogP contribution is 2.25. The van der Waals surface area contributed by atoms with Crippen LogP contribution in [0, 0.1) is 11.3 Å². The van der Waals surface area contributed by atoms with Crippen molar-refractivity contribution in [1.29, 1.82) is 5.26 Å². The zero-order valence-corrected chi connectivity index (χ0v) is 9.32. The van der Waals surface area contributed by atoms with E-state index in [0.717, 1.165) is 0 Å². The molecule has 0 heterocycles. The molecule has 1 aromatic carbocycles. The maximum absolute atomic E-state index is 11.2. The first-order valence-electron chi connectivity index (χ1n) is 4.45. The lowest BCUT2D eigenvalue weighted by Gasteiger charge is -2.22. The van der Waals surface area contributed by atoms with E-state index in [1.807, 2.05) is 0 Å². The minimum Gasteiger partial charge on any atom is -0.326 e. The fourth-order valence-corrected chi connectivity index (χ4v) is 1.48. The van der Waals surface area contributed by atoms with Gasteiger partial charge >= 0.3 is 0 Å². The van der Waals surface area contributed by atoms with Gasteiger partial charge in [-0.3, -0.25) is 4.79 Å². The molecule has 1 rings (SSSR count). The van der Waals surface area contributed by atoms with E-state index in [1.165, 1.54) is 11.8 Å². The van der Waals surface area contributed by atoms with Gasteiger partial charge in [0.05, 0.1) is 6.07 Å². The Labute approximate surface area is 93.9 Å². The SMILES string of the molecule is CC(=O)N(C)[C@@H](C#N)c1ccccc1Cl. The first-order chi connectivity index (χ1) is 7.07. The second kappa shape index (κ2) is 4.81. The summed E-state index contributed by atoms with van der Waals surface area (Å²) in [6, 6.07) is 8.46. The van der Waals surface area contributed by atoms with Crippen LogP contribution in [-0.4, -0.2) is 17.9 Å². The quantitative estimate of drug-likeness (QED) is 0.771. The van der Waals surface area contributed by atoms with Crippen LogP contribution in [0.2, 0.25) is 5.02 Å². The average molecular weight is 223 g/mol. The van der Waals surface area contributed by atoms with Crippen LogP contribution in [0.15, 0.2) is 24.3 Å². The largest absolute Gasteiger partial charge is 0.326 e. The van der Waals surface area contributed by atoms with Crippen molar-refractivity contribution < 1.29 is 4.79 Å². The van der Waals surface area contributed by atoms with E-state index in [0.29, 0.717) is 10.6 Å². The molecule has 0 unspecified atom stereocenters. The van der Waals surface area contributed by atoms with Crippen molar-refractivity contribution in [2.45, 2.75) is 13.0 Å². The van der Waals surface area contributed by atoms with Crippen molar-refractivity contribution in [2.24, 2.45) is 0 Å². The lowest BCUT2D eigenvalue weighted by molar-refractivity contribution is -0.128. The molecule has 78 valence electrons. The monoisotopic (exact) mass is 222 g/mol. The van der Waals surface area contributed by atoms with Crippen LogP contribution in [0.25, 0.3) is 0 Å². The van der Waals surface area contributed by atoms with Crippen LogP contribution in [0.4, 0.5) is 0 Å². The van der Waals surface area contributed by atoms with Crippen molar-refractivity contribution in [2.75, 3.05) is 7.05 Å². The summed E-state index contributed by atoms with van der Waals surface area (Å²) in [7, 11) is 1.58. The molecule has 0 bridgehead atoms. The van der Waals surface area contributed by atoms with Gasteiger partial charge in [-0.05, 0) is 6.07 Å². The third kappa shape index (κ3) is 2.48. The Balaban J connectivity index is 3.10. The number of hydrogen-bond donors (Lipinski definition) is 0. The molecule has 0 N–H and O–H groups in total. The summed E-state index contributed by atoms with van der Waals surface area (Å²) in [4.78, 5) is 12.5. The van der Waals surface area contributed by atoms with Gasteiger partial charge in [0, 0.05) is 24.6 Å². The molecule has 0 radical (unpaired) electrons. The molecular formula is C11H11ClN2O. The molecule has 1 atom stereocenters. The van der Waals surface area contributed by atoms with Gasteiger partial charge in [-0.15, -0.1) is 0 Å². The Bertz CT molecular complexity index is 411. The second-order valence-electron chi connectivity index (χ2n) is 3.18. The first-order valence-corrected chi connectivity index (χ1v) is 4.83. The van der Waals surface area contributed by atoms with Crippen molar-refractivity contribution in [3.8, 4) is 6.07 Å². The highest BCUT2D eigenvalue weighted by atomic mass is 35.5. The number of halogens is 1. The molecule has 0 saturated heterocycles. The van der Waals surface area contributed by atoms with Gasteiger partial charge < -0.3 is 4.90 Å². The van der Waals surface area contributed by atoms with E-state index in [-0.39, 0.29) is 5.91 Å². The van der Waals surface area contributed by atoms with Crippen molar-refractivity contribution in [3.63, 3.8) is 0 Å². The van der Waals surface area contributed by atoms with Crippen LogP contribution >= 0.6 is 11.6 Å². The van der Waals surface area contributed by atoms with Gasteiger partial charge in [-0.2, -0.15) is 5.26 Å². The number of nitriles is 1. The van der Waals surface area contributed by atoms with E-state index >= 15 is 0 Å². The molecule has 0 aliphatic rings. The number of amides is 1.